The summed E-state index contributed by atoms with van der Waals surface area (Å²) in [5.74, 6) is -2.40. The largest absolute Gasteiger partial charge is 0.444 e. The number of esters is 2. The minimum Gasteiger partial charge on any atom is -0.444 e. The molecule has 2 heterocycles. The van der Waals surface area contributed by atoms with Crippen molar-refractivity contribution in [3.05, 3.63) is 69.8 Å². The summed E-state index contributed by atoms with van der Waals surface area (Å²) in [5, 5.41) is 13.6. The van der Waals surface area contributed by atoms with Gasteiger partial charge in [0.25, 0.3) is 5.69 Å². The number of nitrogens with zero attached hydrogens (tertiary/aromatic N) is 2. The number of alkyl carbamates (subject to hydrolysis) is 1. The third kappa shape index (κ3) is 8.12. The quantitative estimate of drug-likeness (QED) is 0.0552. The van der Waals surface area contributed by atoms with E-state index in [0.29, 0.717) is 5.57 Å². The standard InChI is InChI=1S/C31H42N3O9Si.W/c1-9-44(10-2,11-3)43-20(4)31(8)24-19-22(13-12-18-32-29(38)42-30(5,6)7)25(33(24)28(31)37)27(36)41-26(35)21-14-16-23(17-15-21)34(39)40;/h12-17,19-20,24H,9-11,18H2,1-8H3,(H,32,38);/q-1;/b13-12+;/t20-,24-,31-;/m1./s1. The number of ether oxygens (including phenoxy) is 2. The van der Waals surface area contributed by atoms with Crippen LogP contribution in [-0.4, -0.2) is 66.4 Å². The SMILES string of the molecule is CC[Si](CC)(CC)O[C@H](C)[C@@]1(C)C(=O)N2C(C(=O)OC(=O)c3ccc([N+](=O)[O-])cc3)=C(/C=C/CNC(=O)OC(C)(C)C)[CH-][C@@H]21.[W]. The number of fused-ring (bicyclic) bond motifs is 1. The number of carbonyl (C=O) groups excluding carboxylic acids is 4. The van der Waals surface area contributed by atoms with Crippen LogP contribution in [0.5, 0.6) is 0 Å². The van der Waals surface area contributed by atoms with E-state index in [-0.39, 0.29) is 50.5 Å². The van der Waals surface area contributed by atoms with Gasteiger partial charge >= 0.3 is 18.0 Å². The second kappa shape index (κ2) is 14.9. The Bertz CT molecular complexity index is 1360. The number of allylic oxidation sites excluding steroid dienone is 1. The monoisotopic (exact) mass is 812 g/mol. The number of carbonyl (C=O) groups is 4. The Morgan fingerprint density at radius 3 is 2.22 bits per heavy atom. The molecule has 14 heteroatoms. The average Bonchev–Trinajstić information content (AvgIpc) is 3.33. The molecule has 0 radical (unpaired) electrons. The van der Waals surface area contributed by atoms with Crippen LogP contribution in [0.3, 0.4) is 0 Å². The summed E-state index contributed by atoms with van der Waals surface area (Å²) in [4.78, 5) is 63.7. The van der Waals surface area contributed by atoms with Crippen LogP contribution in [0.15, 0.2) is 47.7 Å². The van der Waals surface area contributed by atoms with Crippen molar-refractivity contribution in [2.75, 3.05) is 6.54 Å². The maximum Gasteiger partial charge on any atom is 0.407 e. The summed E-state index contributed by atoms with van der Waals surface area (Å²) in [7, 11) is -2.07. The van der Waals surface area contributed by atoms with Crippen LogP contribution in [0.1, 0.15) is 65.7 Å². The molecule has 1 aromatic rings. The molecule has 12 nitrogen and oxygen atoms in total. The van der Waals surface area contributed by atoms with E-state index >= 15 is 0 Å². The van der Waals surface area contributed by atoms with E-state index in [1.54, 1.807) is 39.3 Å². The summed E-state index contributed by atoms with van der Waals surface area (Å²) in [6.45, 7) is 15.3. The maximum absolute atomic E-state index is 13.8. The number of hydrogen-bond donors (Lipinski definition) is 1. The van der Waals surface area contributed by atoms with Gasteiger partial charge in [0.1, 0.15) is 5.60 Å². The minimum absolute atomic E-state index is 0. The fourth-order valence-electron chi connectivity index (χ4n) is 5.41. The molecule has 2 aliphatic heterocycles. The summed E-state index contributed by atoms with van der Waals surface area (Å²) in [5.41, 5.74) is -1.69. The third-order valence-electron chi connectivity index (χ3n) is 8.38. The van der Waals surface area contributed by atoms with Gasteiger partial charge in [-0.15, -0.1) is 6.08 Å². The molecule has 45 heavy (non-hydrogen) atoms. The predicted octanol–water partition coefficient (Wildman–Crippen LogP) is 5.46. The zero-order chi connectivity index (χ0) is 33.0. The molecule has 2 aliphatic rings. The van der Waals surface area contributed by atoms with Gasteiger partial charge in [0, 0.05) is 51.5 Å². The Labute approximate surface area is 279 Å². The van der Waals surface area contributed by atoms with E-state index in [4.69, 9.17) is 13.9 Å². The van der Waals surface area contributed by atoms with Crippen LogP contribution >= 0.6 is 0 Å². The molecule has 1 saturated heterocycles. The summed E-state index contributed by atoms with van der Waals surface area (Å²) in [6.07, 6.45) is 3.89. The predicted molar refractivity (Wildman–Crippen MR) is 165 cm³/mol. The first-order valence-electron chi connectivity index (χ1n) is 14.8. The molecule has 0 unspecified atom stereocenters. The molecule has 1 fully saturated rings. The molecule has 3 rings (SSSR count). The number of β-lactam (4-membered cyclic amide) rings is 1. The van der Waals surface area contributed by atoms with Gasteiger partial charge in [-0.1, -0.05) is 20.8 Å². The second-order valence-electron chi connectivity index (χ2n) is 12.1. The topological polar surface area (TPSA) is 154 Å². The number of non-ortho nitro benzene ring substituents is 1. The van der Waals surface area contributed by atoms with Gasteiger partial charge < -0.3 is 24.1 Å². The van der Waals surface area contributed by atoms with Crippen molar-refractivity contribution in [1.82, 2.24) is 10.2 Å². The van der Waals surface area contributed by atoms with Crippen LogP contribution in [0, 0.1) is 22.0 Å². The smallest absolute Gasteiger partial charge is 0.407 e. The van der Waals surface area contributed by atoms with E-state index in [0.717, 1.165) is 30.3 Å². The summed E-state index contributed by atoms with van der Waals surface area (Å²) < 4.78 is 17.1. The van der Waals surface area contributed by atoms with Crippen LogP contribution in [0.25, 0.3) is 0 Å². The van der Waals surface area contributed by atoms with E-state index in [9.17, 15) is 29.3 Å². The van der Waals surface area contributed by atoms with Crippen LogP contribution in [0.2, 0.25) is 18.1 Å². The van der Waals surface area contributed by atoms with Crippen molar-refractivity contribution in [1.29, 1.82) is 0 Å². The first-order chi connectivity index (χ1) is 20.5. The molecule has 1 aromatic carbocycles. The Kier molecular flexibility index (Phi) is 12.5. The van der Waals surface area contributed by atoms with E-state index in [2.05, 4.69) is 26.1 Å². The molecule has 0 bridgehead atoms. The molecule has 246 valence electrons. The van der Waals surface area contributed by atoms with Gasteiger partial charge in [-0.25, -0.2) is 9.59 Å². The van der Waals surface area contributed by atoms with Crippen molar-refractivity contribution >= 4 is 37.9 Å². The molecule has 0 spiro atoms. The first kappa shape index (κ1) is 37.9. The van der Waals surface area contributed by atoms with Crippen molar-refractivity contribution in [3.63, 3.8) is 0 Å². The molecule has 3 atom stereocenters. The summed E-state index contributed by atoms with van der Waals surface area (Å²) >= 11 is 0. The zero-order valence-corrected chi connectivity index (χ0v) is 30.9. The molecule has 1 N–H and O–H groups in total. The zero-order valence-electron chi connectivity index (χ0n) is 27.0. The number of nitro benzene ring substituents is 1. The first-order valence-corrected chi connectivity index (χ1v) is 17.3. The van der Waals surface area contributed by atoms with Gasteiger partial charge in [0.15, 0.2) is 8.32 Å². The second-order valence-corrected chi connectivity index (χ2v) is 16.9. The van der Waals surface area contributed by atoms with Gasteiger partial charge in [-0.2, -0.15) is 18.1 Å². The van der Waals surface area contributed by atoms with Gasteiger partial charge in [0.05, 0.1) is 22.0 Å². The Hall–Kier alpha value is -3.28. The maximum atomic E-state index is 13.8. The molecular weight excluding hydrogens is 770 g/mol. The van der Waals surface area contributed by atoms with Gasteiger partial charge in [-0.3, -0.25) is 19.7 Å². The minimum atomic E-state index is -2.07. The molecule has 2 amide bonds. The van der Waals surface area contributed by atoms with E-state index in [1.807, 2.05) is 13.8 Å². The fraction of sp³-hybridized carbons (Fsp3) is 0.516. The Morgan fingerprint density at radius 1 is 1.13 bits per heavy atom. The number of benzene rings is 1. The van der Waals surface area contributed by atoms with Crippen LogP contribution in [0.4, 0.5) is 10.5 Å². The Morgan fingerprint density at radius 2 is 1.71 bits per heavy atom. The van der Waals surface area contributed by atoms with Gasteiger partial charge in [0.2, 0.25) is 5.91 Å². The average molecular weight is 813 g/mol. The van der Waals surface area contributed by atoms with Crippen LogP contribution in [-0.2, 0) is 44.6 Å². The Balaban J connectivity index is 0.00000705. The number of nitro groups is 1. The third-order valence-corrected chi connectivity index (χ3v) is 13.1. The van der Waals surface area contributed by atoms with Crippen molar-refractivity contribution < 1.29 is 59.1 Å². The fourth-order valence-corrected chi connectivity index (χ4v) is 8.40. The van der Waals surface area contributed by atoms with Crippen molar-refractivity contribution in [3.8, 4) is 0 Å². The summed E-state index contributed by atoms with van der Waals surface area (Å²) in [6, 6.07) is 6.82. The normalized spacial score (nSPS) is 20.0. The molecule has 0 aliphatic carbocycles. The van der Waals surface area contributed by atoms with E-state index < -0.39 is 54.4 Å². The van der Waals surface area contributed by atoms with E-state index in [1.165, 1.54) is 17.0 Å². The molecule has 0 aromatic heterocycles. The number of hydrogen-bond acceptors (Lipinski definition) is 9. The van der Waals surface area contributed by atoms with Crippen LogP contribution < -0.4 is 5.32 Å². The van der Waals surface area contributed by atoms with Crippen molar-refractivity contribution in [2.45, 2.75) is 91.3 Å². The number of rotatable bonds is 12. The van der Waals surface area contributed by atoms with Gasteiger partial charge in [-0.05, 0) is 64.9 Å². The molecule has 0 saturated carbocycles. The number of amides is 2. The molecular formula is C31H42N3O9SiW-. The number of nitrogens with one attached hydrogen (secondary N) is 1. The van der Waals surface area contributed by atoms with Crippen molar-refractivity contribution in [2.24, 2.45) is 5.41 Å².